The van der Waals surface area contributed by atoms with Gasteiger partial charge in [-0.25, -0.2) is 0 Å². The van der Waals surface area contributed by atoms with Crippen LogP contribution in [0.4, 0.5) is 11.5 Å². The largest absolute Gasteiger partial charge is 0.495 e. The highest BCUT2D eigenvalue weighted by atomic mass is 16.5. The number of nitrogens with zero attached hydrogens (tertiary/aromatic N) is 2. The van der Waals surface area contributed by atoms with Crippen LogP contribution in [0, 0.1) is 6.92 Å². The highest BCUT2D eigenvalue weighted by molar-refractivity contribution is 6.03. The number of anilines is 2. The Balaban J connectivity index is 1.99. The summed E-state index contributed by atoms with van der Waals surface area (Å²) >= 11 is 0. The third kappa shape index (κ3) is 4.92. The minimum absolute atomic E-state index is 0.237. The van der Waals surface area contributed by atoms with Crippen molar-refractivity contribution in [2.45, 2.75) is 13.3 Å². The van der Waals surface area contributed by atoms with Crippen LogP contribution in [0.15, 0.2) is 30.3 Å². The van der Waals surface area contributed by atoms with Crippen molar-refractivity contribution in [3.05, 3.63) is 41.6 Å². The van der Waals surface area contributed by atoms with E-state index in [0.717, 1.165) is 18.5 Å². The first kappa shape index (κ1) is 17.7. The number of carbonyl (C=O) groups is 1. The molecular formula is C17H22N4O3. The van der Waals surface area contributed by atoms with Crippen LogP contribution < -0.4 is 15.4 Å². The van der Waals surface area contributed by atoms with Crippen molar-refractivity contribution in [2.75, 3.05) is 38.0 Å². The Kier molecular flexibility index (Phi) is 6.51. The van der Waals surface area contributed by atoms with Crippen molar-refractivity contribution in [3.8, 4) is 5.75 Å². The van der Waals surface area contributed by atoms with E-state index in [-0.39, 0.29) is 11.6 Å². The van der Waals surface area contributed by atoms with Crippen LogP contribution in [-0.2, 0) is 4.74 Å². The lowest BCUT2D eigenvalue weighted by atomic mass is 10.2. The fourth-order valence-electron chi connectivity index (χ4n) is 2.09. The molecule has 0 fully saturated rings. The fraction of sp³-hybridized carbons (Fsp3) is 0.353. The number of hydrogen-bond donors (Lipinski definition) is 2. The van der Waals surface area contributed by atoms with Gasteiger partial charge in [0.1, 0.15) is 11.6 Å². The Morgan fingerprint density at radius 1 is 1.17 bits per heavy atom. The highest BCUT2D eigenvalue weighted by Gasteiger charge is 2.12. The molecule has 2 N–H and O–H groups in total. The third-order valence-corrected chi connectivity index (χ3v) is 3.33. The average molecular weight is 330 g/mol. The Labute approximate surface area is 141 Å². The van der Waals surface area contributed by atoms with Crippen molar-refractivity contribution in [1.29, 1.82) is 0 Å². The summed E-state index contributed by atoms with van der Waals surface area (Å²) in [6, 6.07) is 8.92. The molecule has 0 bridgehead atoms. The Morgan fingerprint density at radius 2 is 2.00 bits per heavy atom. The smallest absolute Gasteiger partial charge is 0.276 e. The number of aromatic nitrogens is 2. The number of rotatable bonds is 8. The standard InChI is InChI=1S/C17H22N4O3/c1-12-5-7-15(24-3)14(11-12)19-17(22)13-6-8-16(21-20-13)18-9-4-10-23-2/h5-8,11H,4,9-10H2,1-3H3,(H,18,21)(H,19,22). The molecule has 0 atom stereocenters. The van der Waals surface area contributed by atoms with Gasteiger partial charge in [-0.3, -0.25) is 4.79 Å². The van der Waals surface area contributed by atoms with Crippen molar-refractivity contribution in [2.24, 2.45) is 0 Å². The van der Waals surface area contributed by atoms with Crippen molar-refractivity contribution in [1.82, 2.24) is 10.2 Å². The summed E-state index contributed by atoms with van der Waals surface area (Å²) in [5, 5.41) is 13.9. The van der Waals surface area contributed by atoms with E-state index >= 15 is 0 Å². The monoisotopic (exact) mass is 330 g/mol. The van der Waals surface area contributed by atoms with Gasteiger partial charge in [0, 0.05) is 20.3 Å². The maximum absolute atomic E-state index is 12.3. The first-order valence-corrected chi connectivity index (χ1v) is 7.66. The predicted molar refractivity (Wildman–Crippen MR) is 92.7 cm³/mol. The number of aryl methyl sites for hydroxylation is 1. The maximum Gasteiger partial charge on any atom is 0.276 e. The molecule has 0 saturated carbocycles. The zero-order valence-electron chi connectivity index (χ0n) is 14.1. The molecule has 1 amide bonds. The van der Waals surface area contributed by atoms with Crippen molar-refractivity contribution >= 4 is 17.4 Å². The Bertz CT molecular complexity index is 674. The Morgan fingerprint density at radius 3 is 2.67 bits per heavy atom. The van der Waals surface area contributed by atoms with Gasteiger partial charge in [0.15, 0.2) is 5.69 Å². The van der Waals surface area contributed by atoms with E-state index in [9.17, 15) is 4.79 Å². The molecule has 0 saturated heterocycles. The summed E-state index contributed by atoms with van der Waals surface area (Å²) in [6.07, 6.45) is 0.869. The molecule has 2 aromatic rings. The van der Waals surface area contributed by atoms with Gasteiger partial charge in [0.25, 0.3) is 5.91 Å². The van der Waals surface area contributed by atoms with E-state index in [1.54, 1.807) is 26.4 Å². The van der Waals surface area contributed by atoms with E-state index in [2.05, 4.69) is 20.8 Å². The topological polar surface area (TPSA) is 85.4 Å². The number of hydrogen-bond acceptors (Lipinski definition) is 6. The molecule has 0 radical (unpaired) electrons. The van der Waals surface area contributed by atoms with Gasteiger partial charge in [-0.15, -0.1) is 10.2 Å². The number of amides is 1. The van der Waals surface area contributed by atoms with Crippen LogP contribution >= 0.6 is 0 Å². The summed E-state index contributed by atoms with van der Waals surface area (Å²) in [6.45, 7) is 3.35. The molecule has 128 valence electrons. The molecule has 0 spiro atoms. The zero-order valence-corrected chi connectivity index (χ0v) is 14.1. The summed E-state index contributed by atoms with van der Waals surface area (Å²) in [5.74, 6) is 0.881. The van der Waals surface area contributed by atoms with E-state index in [0.29, 0.717) is 23.9 Å². The van der Waals surface area contributed by atoms with E-state index in [1.807, 2.05) is 25.1 Å². The lowest BCUT2D eigenvalue weighted by Crippen LogP contribution is -2.16. The van der Waals surface area contributed by atoms with Crippen LogP contribution in [0.1, 0.15) is 22.5 Å². The number of nitrogens with one attached hydrogen (secondary N) is 2. The molecule has 1 aromatic carbocycles. The summed E-state index contributed by atoms with van der Waals surface area (Å²) in [4.78, 5) is 12.3. The number of carbonyl (C=O) groups excluding carboxylic acids is 1. The molecule has 0 unspecified atom stereocenters. The van der Waals surface area contributed by atoms with Crippen molar-refractivity contribution < 1.29 is 14.3 Å². The maximum atomic E-state index is 12.3. The molecule has 24 heavy (non-hydrogen) atoms. The minimum Gasteiger partial charge on any atom is -0.495 e. The average Bonchev–Trinajstić information content (AvgIpc) is 2.59. The van der Waals surface area contributed by atoms with Gasteiger partial charge in [-0.05, 0) is 43.2 Å². The van der Waals surface area contributed by atoms with Gasteiger partial charge in [0.2, 0.25) is 0 Å². The van der Waals surface area contributed by atoms with E-state index in [1.165, 1.54) is 0 Å². The lowest BCUT2D eigenvalue weighted by Gasteiger charge is -2.10. The van der Waals surface area contributed by atoms with Gasteiger partial charge < -0.3 is 20.1 Å². The second-order valence-corrected chi connectivity index (χ2v) is 5.23. The second-order valence-electron chi connectivity index (χ2n) is 5.23. The molecule has 1 aromatic heterocycles. The Hall–Kier alpha value is -2.67. The van der Waals surface area contributed by atoms with Crippen LogP contribution in [0.3, 0.4) is 0 Å². The van der Waals surface area contributed by atoms with Crippen molar-refractivity contribution in [3.63, 3.8) is 0 Å². The second kappa shape index (κ2) is 8.83. The molecule has 2 rings (SSSR count). The first-order chi connectivity index (χ1) is 11.6. The number of methoxy groups -OCH3 is 2. The molecule has 0 aliphatic heterocycles. The van der Waals surface area contributed by atoms with Gasteiger partial charge in [-0.1, -0.05) is 6.07 Å². The fourth-order valence-corrected chi connectivity index (χ4v) is 2.09. The molecule has 7 nitrogen and oxygen atoms in total. The molecule has 0 aliphatic carbocycles. The lowest BCUT2D eigenvalue weighted by molar-refractivity contribution is 0.102. The van der Waals surface area contributed by atoms with Gasteiger partial charge in [0.05, 0.1) is 12.8 Å². The molecular weight excluding hydrogens is 308 g/mol. The number of ether oxygens (including phenoxy) is 2. The van der Waals surface area contributed by atoms with E-state index < -0.39 is 0 Å². The minimum atomic E-state index is -0.336. The zero-order chi connectivity index (χ0) is 17.4. The first-order valence-electron chi connectivity index (χ1n) is 7.66. The third-order valence-electron chi connectivity index (χ3n) is 3.33. The quantitative estimate of drug-likeness (QED) is 0.723. The van der Waals surface area contributed by atoms with Crippen LogP contribution in [0.25, 0.3) is 0 Å². The molecule has 0 aliphatic rings. The van der Waals surface area contributed by atoms with Crippen LogP contribution in [0.5, 0.6) is 5.75 Å². The molecule has 7 heteroatoms. The summed E-state index contributed by atoms with van der Waals surface area (Å²) < 4.78 is 10.2. The van der Waals surface area contributed by atoms with Gasteiger partial charge in [-0.2, -0.15) is 0 Å². The van der Waals surface area contributed by atoms with Gasteiger partial charge >= 0.3 is 0 Å². The van der Waals surface area contributed by atoms with Crippen LogP contribution in [0.2, 0.25) is 0 Å². The predicted octanol–water partition coefficient (Wildman–Crippen LogP) is 2.49. The normalized spacial score (nSPS) is 10.3. The SMILES string of the molecule is COCCCNc1ccc(C(=O)Nc2cc(C)ccc2OC)nn1. The highest BCUT2D eigenvalue weighted by Crippen LogP contribution is 2.25. The van der Waals surface area contributed by atoms with E-state index in [4.69, 9.17) is 9.47 Å². The summed E-state index contributed by atoms with van der Waals surface area (Å²) in [5.41, 5.74) is 1.86. The molecule has 1 heterocycles. The number of benzene rings is 1. The van der Waals surface area contributed by atoms with Crippen LogP contribution in [-0.4, -0.2) is 43.5 Å². The summed E-state index contributed by atoms with van der Waals surface area (Å²) in [7, 11) is 3.22.